The first-order chi connectivity index (χ1) is 12.3. The number of halogens is 3. The summed E-state index contributed by atoms with van der Waals surface area (Å²) in [4.78, 5) is 15.0. The Hall–Kier alpha value is -2.14. The molecule has 0 fully saturated rings. The molecule has 0 unspecified atom stereocenters. The van der Waals surface area contributed by atoms with Gasteiger partial charge in [0.2, 0.25) is 0 Å². The van der Waals surface area contributed by atoms with Crippen LogP contribution in [0.15, 0.2) is 42.5 Å². The van der Waals surface area contributed by atoms with E-state index >= 15 is 0 Å². The summed E-state index contributed by atoms with van der Waals surface area (Å²) >= 11 is 0. The Labute approximate surface area is 152 Å². The number of Topliss-reactive ketones (excluding diaryl/α,β-unsaturated/α-hetero) is 1. The van der Waals surface area contributed by atoms with Gasteiger partial charge >= 0.3 is 0 Å². The standard InChI is InChI=1S/C21H24F3NO/c1-5-18(26)21(13-14(2)25(3)4,15-9-7-6-8-10-15)19-16(22)11-12-17(23)20(19)24/h6-12,14H,5,13H2,1-4H3/t14-,21-/m1/s1. The van der Waals surface area contributed by atoms with Gasteiger partial charge in [-0.1, -0.05) is 37.3 Å². The van der Waals surface area contributed by atoms with E-state index in [2.05, 4.69) is 0 Å². The number of hydrogen-bond acceptors (Lipinski definition) is 2. The lowest BCUT2D eigenvalue weighted by molar-refractivity contribution is -0.123. The smallest absolute Gasteiger partial charge is 0.166 e. The SMILES string of the molecule is CCC(=O)[C@@](C[C@@H](C)N(C)C)(c1ccccc1)c1c(F)ccc(F)c1F. The van der Waals surface area contributed by atoms with E-state index in [1.54, 1.807) is 37.3 Å². The van der Waals surface area contributed by atoms with Crippen molar-refractivity contribution in [3.05, 3.63) is 71.0 Å². The van der Waals surface area contributed by atoms with E-state index < -0.39 is 28.4 Å². The molecule has 0 saturated carbocycles. The fourth-order valence-corrected chi connectivity index (χ4v) is 3.35. The summed E-state index contributed by atoms with van der Waals surface area (Å²) in [7, 11) is 3.66. The van der Waals surface area contributed by atoms with Crippen LogP contribution in [0, 0.1) is 17.5 Å². The first kappa shape index (κ1) is 20.2. The molecule has 2 aromatic carbocycles. The van der Waals surface area contributed by atoms with Gasteiger partial charge in [0.05, 0.1) is 5.41 Å². The highest BCUT2D eigenvalue weighted by atomic mass is 19.2. The first-order valence-corrected chi connectivity index (χ1v) is 8.64. The second-order valence-electron chi connectivity index (χ2n) is 6.78. The summed E-state index contributed by atoms with van der Waals surface area (Å²) in [5, 5.41) is 0. The van der Waals surface area contributed by atoms with Crippen molar-refractivity contribution in [2.45, 2.75) is 38.1 Å². The molecule has 0 heterocycles. The van der Waals surface area contributed by atoms with E-state index in [-0.39, 0.29) is 24.7 Å². The summed E-state index contributed by atoms with van der Waals surface area (Å²) in [6, 6.07) is 9.97. The van der Waals surface area contributed by atoms with Gasteiger partial charge < -0.3 is 4.90 Å². The minimum Gasteiger partial charge on any atom is -0.307 e. The largest absolute Gasteiger partial charge is 0.307 e. The predicted molar refractivity (Wildman–Crippen MR) is 96.6 cm³/mol. The lowest BCUT2D eigenvalue weighted by Crippen LogP contribution is -2.44. The van der Waals surface area contributed by atoms with E-state index in [0.29, 0.717) is 5.56 Å². The van der Waals surface area contributed by atoms with E-state index in [0.717, 1.165) is 12.1 Å². The molecule has 0 aliphatic heterocycles. The van der Waals surface area contributed by atoms with Crippen molar-refractivity contribution in [3.63, 3.8) is 0 Å². The third kappa shape index (κ3) is 3.54. The van der Waals surface area contributed by atoms with Crippen LogP contribution in [-0.4, -0.2) is 30.8 Å². The third-order valence-corrected chi connectivity index (χ3v) is 5.02. The summed E-state index contributed by atoms with van der Waals surface area (Å²) in [6.07, 6.45) is 0.207. The molecule has 2 aromatic rings. The maximum Gasteiger partial charge on any atom is 0.166 e. The van der Waals surface area contributed by atoms with Crippen molar-refractivity contribution in [3.8, 4) is 0 Å². The fraction of sp³-hybridized carbons (Fsp3) is 0.381. The quantitative estimate of drug-likeness (QED) is 0.664. The Kier molecular flexibility index (Phi) is 6.24. The highest BCUT2D eigenvalue weighted by Crippen LogP contribution is 2.42. The maximum absolute atomic E-state index is 14.8. The van der Waals surface area contributed by atoms with Gasteiger partial charge in [-0.25, -0.2) is 13.2 Å². The van der Waals surface area contributed by atoms with Crippen molar-refractivity contribution in [2.75, 3.05) is 14.1 Å². The fourth-order valence-electron chi connectivity index (χ4n) is 3.35. The van der Waals surface area contributed by atoms with Gasteiger partial charge in [-0.2, -0.15) is 0 Å². The average molecular weight is 363 g/mol. The summed E-state index contributed by atoms with van der Waals surface area (Å²) in [5.74, 6) is -3.73. The molecule has 0 amide bonds. The molecule has 140 valence electrons. The van der Waals surface area contributed by atoms with Crippen LogP contribution in [0.1, 0.15) is 37.8 Å². The Balaban J connectivity index is 2.88. The normalized spacial score (nSPS) is 14.9. The molecule has 2 rings (SSSR count). The summed E-state index contributed by atoms with van der Waals surface area (Å²) in [5.41, 5.74) is -1.65. The molecule has 0 bridgehead atoms. The number of hydrogen-bond donors (Lipinski definition) is 0. The highest BCUT2D eigenvalue weighted by molar-refractivity contribution is 5.94. The van der Waals surface area contributed by atoms with Gasteiger partial charge in [0.1, 0.15) is 11.6 Å². The van der Waals surface area contributed by atoms with Crippen molar-refractivity contribution in [1.29, 1.82) is 0 Å². The molecule has 0 aromatic heterocycles. The van der Waals surface area contributed by atoms with Crippen LogP contribution >= 0.6 is 0 Å². The minimum atomic E-state index is -1.60. The van der Waals surface area contributed by atoms with Crippen LogP contribution < -0.4 is 0 Å². The first-order valence-electron chi connectivity index (χ1n) is 8.64. The molecule has 0 radical (unpaired) electrons. The zero-order valence-electron chi connectivity index (χ0n) is 15.5. The molecule has 0 saturated heterocycles. The van der Waals surface area contributed by atoms with Gasteiger partial charge in [-0.3, -0.25) is 4.79 Å². The molecular formula is C21H24F3NO. The summed E-state index contributed by atoms with van der Waals surface area (Å²) in [6.45, 7) is 3.52. The highest BCUT2D eigenvalue weighted by Gasteiger charge is 2.46. The second-order valence-corrected chi connectivity index (χ2v) is 6.78. The third-order valence-electron chi connectivity index (χ3n) is 5.02. The zero-order chi connectivity index (χ0) is 19.5. The number of nitrogens with zero attached hydrogens (tertiary/aromatic N) is 1. The molecule has 0 N–H and O–H groups in total. The number of carbonyl (C=O) groups excluding carboxylic acids is 1. The Morgan fingerprint density at radius 3 is 2.15 bits per heavy atom. The Morgan fingerprint density at radius 2 is 1.62 bits per heavy atom. The molecule has 0 aliphatic carbocycles. The molecule has 0 spiro atoms. The molecule has 2 nitrogen and oxygen atoms in total. The number of benzene rings is 2. The van der Waals surface area contributed by atoms with Gasteiger partial charge in [-0.15, -0.1) is 0 Å². The molecule has 5 heteroatoms. The van der Waals surface area contributed by atoms with Gasteiger partial charge in [-0.05, 0) is 45.1 Å². The molecule has 26 heavy (non-hydrogen) atoms. The number of carbonyl (C=O) groups is 1. The van der Waals surface area contributed by atoms with Crippen LogP contribution in [0.25, 0.3) is 0 Å². The molecule has 0 aliphatic rings. The van der Waals surface area contributed by atoms with Crippen molar-refractivity contribution < 1.29 is 18.0 Å². The van der Waals surface area contributed by atoms with Gasteiger partial charge in [0.15, 0.2) is 11.6 Å². The average Bonchev–Trinajstić information content (AvgIpc) is 2.63. The lowest BCUT2D eigenvalue weighted by atomic mass is 9.66. The zero-order valence-corrected chi connectivity index (χ0v) is 15.5. The topological polar surface area (TPSA) is 20.3 Å². The molecular weight excluding hydrogens is 339 g/mol. The number of rotatable bonds is 7. The van der Waals surface area contributed by atoms with Gasteiger partial charge in [0, 0.05) is 18.0 Å². The predicted octanol–water partition coefficient (Wildman–Crippen LogP) is 4.71. The van der Waals surface area contributed by atoms with E-state index in [1.807, 2.05) is 25.9 Å². The van der Waals surface area contributed by atoms with Crippen LogP contribution in [0.3, 0.4) is 0 Å². The van der Waals surface area contributed by atoms with Crippen molar-refractivity contribution >= 4 is 5.78 Å². The van der Waals surface area contributed by atoms with Crippen LogP contribution in [-0.2, 0) is 10.2 Å². The molecule has 2 atom stereocenters. The van der Waals surface area contributed by atoms with Crippen molar-refractivity contribution in [2.24, 2.45) is 0 Å². The van der Waals surface area contributed by atoms with Crippen LogP contribution in [0.5, 0.6) is 0 Å². The Morgan fingerprint density at radius 1 is 1.04 bits per heavy atom. The van der Waals surface area contributed by atoms with E-state index in [9.17, 15) is 18.0 Å². The van der Waals surface area contributed by atoms with Gasteiger partial charge in [0.25, 0.3) is 0 Å². The second kappa shape index (κ2) is 8.04. The summed E-state index contributed by atoms with van der Waals surface area (Å²) < 4.78 is 43.6. The Bertz CT molecular complexity index is 776. The lowest BCUT2D eigenvalue weighted by Gasteiger charge is -2.37. The monoisotopic (exact) mass is 363 g/mol. The van der Waals surface area contributed by atoms with Crippen LogP contribution in [0.2, 0.25) is 0 Å². The van der Waals surface area contributed by atoms with Crippen molar-refractivity contribution in [1.82, 2.24) is 4.90 Å². The number of ketones is 1. The maximum atomic E-state index is 14.8. The van der Waals surface area contributed by atoms with E-state index in [1.165, 1.54) is 0 Å². The van der Waals surface area contributed by atoms with Crippen LogP contribution in [0.4, 0.5) is 13.2 Å². The minimum absolute atomic E-state index is 0.0738. The van der Waals surface area contributed by atoms with E-state index in [4.69, 9.17) is 0 Å².